The maximum atomic E-state index is 6.01. The zero-order valence-corrected chi connectivity index (χ0v) is 13.7. The van der Waals surface area contributed by atoms with Crippen LogP contribution in [0.2, 0.25) is 0 Å². The number of rotatable bonds is 3. The summed E-state index contributed by atoms with van der Waals surface area (Å²) in [4.78, 5) is 3.83. The molecule has 0 radical (unpaired) electrons. The van der Waals surface area contributed by atoms with E-state index in [9.17, 15) is 0 Å². The lowest BCUT2D eigenvalue weighted by molar-refractivity contribution is 0.416. The Morgan fingerprint density at radius 1 is 1.09 bits per heavy atom. The van der Waals surface area contributed by atoms with E-state index in [0.717, 1.165) is 39.0 Å². The van der Waals surface area contributed by atoms with Crippen LogP contribution in [0, 0.1) is 13.8 Å². The molecule has 0 aliphatic heterocycles. The Morgan fingerprint density at radius 3 is 2.45 bits per heavy atom. The van der Waals surface area contributed by atoms with Crippen LogP contribution in [-0.2, 0) is 0 Å². The number of hydrogen-bond donors (Lipinski definition) is 2. The highest BCUT2D eigenvalue weighted by atomic mass is 32.1. The Labute approximate surface area is 135 Å². The molecule has 0 saturated heterocycles. The molecule has 1 aromatic heterocycles. The predicted octanol–water partition coefficient (Wildman–Crippen LogP) is 4.09. The quantitative estimate of drug-likeness (QED) is 0.716. The molecule has 3 nitrogen and oxygen atoms in total. The number of fused-ring (bicyclic) bond motifs is 1. The number of nitrogens with two attached hydrogens (primary N) is 1. The van der Waals surface area contributed by atoms with Gasteiger partial charge in [-0.25, -0.2) is 0 Å². The highest BCUT2D eigenvalue weighted by Crippen LogP contribution is 2.36. The van der Waals surface area contributed by atoms with Crippen LogP contribution in [0.4, 0.5) is 0 Å². The van der Waals surface area contributed by atoms with Gasteiger partial charge in [0.2, 0.25) is 0 Å². The van der Waals surface area contributed by atoms with E-state index in [0.29, 0.717) is 4.99 Å². The lowest BCUT2D eigenvalue weighted by atomic mass is 10.0. The van der Waals surface area contributed by atoms with E-state index in [4.69, 9.17) is 22.7 Å². The third kappa shape index (κ3) is 2.35. The van der Waals surface area contributed by atoms with Crippen LogP contribution < -0.4 is 10.5 Å². The number of aryl methyl sites for hydroxylation is 2. The van der Waals surface area contributed by atoms with Crippen LogP contribution >= 0.6 is 12.2 Å². The first kappa shape index (κ1) is 14.6. The van der Waals surface area contributed by atoms with Crippen molar-refractivity contribution in [2.24, 2.45) is 5.73 Å². The minimum atomic E-state index is 0.385. The monoisotopic (exact) mass is 310 g/mol. The van der Waals surface area contributed by atoms with Crippen molar-refractivity contribution in [1.29, 1.82) is 0 Å². The largest absolute Gasteiger partial charge is 0.496 e. The summed E-state index contributed by atoms with van der Waals surface area (Å²) in [5.41, 5.74) is 12.1. The molecule has 3 N–H and O–H groups in total. The van der Waals surface area contributed by atoms with E-state index in [-0.39, 0.29) is 0 Å². The van der Waals surface area contributed by atoms with E-state index >= 15 is 0 Å². The van der Waals surface area contributed by atoms with Gasteiger partial charge in [0.1, 0.15) is 10.7 Å². The standard InChI is InChI=1S/C18H18N2OS/c1-10-4-6-14-12(8-10)16(18(19)22)17(20-14)13-9-11(2)5-7-15(13)21-3/h4-9,20H,1-3H3,(H2,19,22). The number of hydrogen-bond acceptors (Lipinski definition) is 2. The topological polar surface area (TPSA) is 51.0 Å². The highest BCUT2D eigenvalue weighted by molar-refractivity contribution is 7.80. The highest BCUT2D eigenvalue weighted by Gasteiger charge is 2.18. The van der Waals surface area contributed by atoms with Gasteiger partial charge in [0, 0.05) is 22.0 Å². The van der Waals surface area contributed by atoms with Gasteiger partial charge in [-0.3, -0.25) is 0 Å². The molecule has 0 amide bonds. The van der Waals surface area contributed by atoms with Gasteiger partial charge < -0.3 is 15.5 Å². The Balaban J connectivity index is 2.38. The fraction of sp³-hybridized carbons (Fsp3) is 0.167. The summed E-state index contributed by atoms with van der Waals surface area (Å²) in [6.45, 7) is 4.11. The van der Waals surface area contributed by atoms with E-state index in [1.165, 1.54) is 5.56 Å². The smallest absolute Gasteiger partial charge is 0.128 e. The van der Waals surface area contributed by atoms with Crippen LogP contribution in [-0.4, -0.2) is 17.1 Å². The molecular weight excluding hydrogens is 292 g/mol. The van der Waals surface area contributed by atoms with Crippen LogP contribution in [0.1, 0.15) is 16.7 Å². The zero-order valence-electron chi connectivity index (χ0n) is 12.9. The Morgan fingerprint density at radius 2 is 1.77 bits per heavy atom. The normalized spacial score (nSPS) is 10.9. The molecule has 4 heteroatoms. The van der Waals surface area contributed by atoms with E-state index < -0.39 is 0 Å². The number of aromatic nitrogens is 1. The van der Waals surface area contributed by atoms with Crippen LogP contribution in [0.15, 0.2) is 36.4 Å². The number of aromatic amines is 1. The summed E-state index contributed by atoms with van der Waals surface area (Å²) < 4.78 is 5.51. The SMILES string of the molecule is COc1ccc(C)cc1-c1[nH]c2ccc(C)cc2c1C(N)=S. The van der Waals surface area contributed by atoms with Gasteiger partial charge in [-0.2, -0.15) is 0 Å². The maximum Gasteiger partial charge on any atom is 0.128 e. The average molecular weight is 310 g/mol. The maximum absolute atomic E-state index is 6.01. The third-order valence-electron chi connectivity index (χ3n) is 3.82. The molecule has 112 valence electrons. The van der Waals surface area contributed by atoms with E-state index in [1.54, 1.807) is 7.11 Å². The molecule has 1 heterocycles. The third-order valence-corrected chi connectivity index (χ3v) is 4.03. The van der Waals surface area contributed by atoms with Gasteiger partial charge in [0.15, 0.2) is 0 Å². The zero-order chi connectivity index (χ0) is 15.9. The van der Waals surface area contributed by atoms with Crippen molar-refractivity contribution in [2.75, 3.05) is 7.11 Å². The lowest BCUT2D eigenvalue weighted by Gasteiger charge is -2.10. The number of thiocarbonyl (C=S) groups is 1. The van der Waals surface area contributed by atoms with Crippen LogP contribution in [0.3, 0.4) is 0 Å². The molecule has 0 aliphatic carbocycles. The number of methoxy groups -OCH3 is 1. The molecule has 0 saturated carbocycles. The van der Waals surface area contributed by atoms with Crippen molar-refractivity contribution in [3.05, 3.63) is 53.1 Å². The van der Waals surface area contributed by atoms with Crippen molar-refractivity contribution >= 4 is 28.1 Å². The Kier molecular flexibility index (Phi) is 3.62. The Bertz CT molecular complexity index is 880. The summed E-state index contributed by atoms with van der Waals surface area (Å²) in [6.07, 6.45) is 0. The summed E-state index contributed by atoms with van der Waals surface area (Å²) in [5, 5.41) is 1.05. The molecule has 2 aromatic carbocycles. The summed E-state index contributed by atoms with van der Waals surface area (Å²) in [6, 6.07) is 12.3. The minimum absolute atomic E-state index is 0.385. The second-order valence-corrected chi connectivity index (χ2v) is 5.93. The molecule has 3 rings (SSSR count). The van der Waals surface area contributed by atoms with Crippen molar-refractivity contribution in [2.45, 2.75) is 13.8 Å². The van der Waals surface area contributed by atoms with Crippen molar-refractivity contribution in [3.8, 4) is 17.0 Å². The van der Waals surface area contributed by atoms with Crippen LogP contribution in [0.25, 0.3) is 22.2 Å². The van der Waals surface area contributed by atoms with Crippen molar-refractivity contribution in [1.82, 2.24) is 4.98 Å². The van der Waals surface area contributed by atoms with Gasteiger partial charge in [0.25, 0.3) is 0 Å². The van der Waals surface area contributed by atoms with Crippen molar-refractivity contribution < 1.29 is 4.74 Å². The molecule has 0 spiro atoms. The molecule has 22 heavy (non-hydrogen) atoms. The first-order valence-corrected chi connectivity index (χ1v) is 7.49. The molecule has 0 aliphatic rings. The molecule has 0 bridgehead atoms. The summed E-state index contributed by atoms with van der Waals surface area (Å²) >= 11 is 5.30. The molecule has 0 unspecified atom stereocenters. The Hall–Kier alpha value is -2.33. The minimum Gasteiger partial charge on any atom is -0.496 e. The van der Waals surface area contributed by atoms with Gasteiger partial charge in [-0.1, -0.05) is 35.5 Å². The fourth-order valence-electron chi connectivity index (χ4n) is 2.78. The number of ether oxygens (including phenoxy) is 1. The predicted molar refractivity (Wildman–Crippen MR) is 95.6 cm³/mol. The molecular formula is C18H18N2OS. The summed E-state index contributed by atoms with van der Waals surface area (Å²) in [7, 11) is 1.67. The fourth-order valence-corrected chi connectivity index (χ4v) is 2.99. The molecule has 0 atom stereocenters. The van der Waals surface area contributed by atoms with Gasteiger partial charge in [0.05, 0.1) is 12.8 Å². The first-order valence-electron chi connectivity index (χ1n) is 7.08. The van der Waals surface area contributed by atoms with Gasteiger partial charge in [-0.15, -0.1) is 0 Å². The first-order chi connectivity index (χ1) is 10.5. The van der Waals surface area contributed by atoms with E-state index in [2.05, 4.69) is 43.1 Å². The number of nitrogens with one attached hydrogen (secondary N) is 1. The molecule has 0 fully saturated rings. The lowest BCUT2D eigenvalue weighted by Crippen LogP contribution is -2.10. The second kappa shape index (κ2) is 5.46. The van der Waals surface area contributed by atoms with Gasteiger partial charge in [-0.05, 0) is 38.1 Å². The van der Waals surface area contributed by atoms with E-state index in [1.807, 2.05) is 12.1 Å². The van der Waals surface area contributed by atoms with Crippen molar-refractivity contribution in [3.63, 3.8) is 0 Å². The summed E-state index contributed by atoms with van der Waals surface area (Å²) in [5.74, 6) is 0.798. The number of benzene rings is 2. The second-order valence-electron chi connectivity index (χ2n) is 5.49. The number of H-pyrrole nitrogens is 1. The average Bonchev–Trinajstić information content (AvgIpc) is 2.85. The molecule has 3 aromatic rings. The van der Waals surface area contributed by atoms with Gasteiger partial charge >= 0.3 is 0 Å². The van der Waals surface area contributed by atoms with Crippen LogP contribution in [0.5, 0.6) is 5.75 Å².